The zero-order valence-electron chi connectivity index (χ0n) is 9.75. The summed E-state index contributed by atoms with van der Waals surface area (Å²) in [6, 6.07) is 10.3. The van der Waals surface area contributed by atoms with E-state index in [2.05, 4.69) is 20.9 Å². The molecule has 0 aliphatic heterocycles. The minimum Gasteiger partial charge on any atom is -0.473 e. The van der Waals surface area contributed by atoms with E-state index in [1.807, 2.05) is 24.3 Å². The number of nitrogen functional groups attached to an aromatic ring is 1. The first-order valence-electron chi connectivity index (χ1n) is 5.34. The minimum absolute atomic E-state index is 0.154. The fourth-order valence-corrected chi connectivity index (χ4v) is 1.69. The lowest BCUT2D eigenvalue weighted by Crippen LogP contribution is -2.02. The maximum atomic E-state index is 10.6. The summed E-state index contributed by atoms with van der Waals surface area (Å²) in [6.07, 6.45) is 0. The maximum Gasteiger partial charge on any atom is 0.311 e. The Bertz CT molecular complexity index is 602. The molecule has 0 fully saturated rings. The maximum absolute atomic E-state index is 10.6. The van der Waals surface area contributed by atoms with Gasteiger partial charge in [0.15, 0.2) is 0 Å². The first kappa shape index (κ1) is 13.3. The van der Waals surface area contributed by atoms with E-state index < -0.39 is 4.92 Å². The van der Waals surface area contributed by atoms with Gasteiger partial charge in [-0.2, -0.15) is 4.98 Å². The van der Waals surface area contributed by atoms with Crippen molar-refractivity contribution in [3.05, 3.63) is 56.5 Å². The number of anilines is 1. The van der Waals surface area contributed by atoms with E-state index in [0.29, 0.717) is 6.61 Å². The van der Waals surface area contributed by atoms with Gasteiger partial charge >= 0.3 is 5.69 Å². The van der Waals surface area contributed by atoms with Crippen LogP contribution in [0.5, 0.6) is 5.88 Å². The average Bonchev–Trinajstić information content (AvgIpc) is 2.37. The highest BCUT2D eigenvalue weighted by atomic mass is 79.9. The number of rotatable bonds is 4. The van der Waals surface area contributed by atoms with Gasteiger partial charge in [0, 0.05) is 16.6 Å². The van der Waals surface area contributed by atoms with Crippen LogP contribution in [0.1, 0.15) is 5.56 Å². The molecule has 6 nitrogen and oxygen atoms in total. The monoisotopic (exact) mass is 323 g/mol. The summed E-state index contributed by atoms with van der Waals surface area (Å²) >= 11 is 3.34. The second-order valence-corrected chi connectivity index (χ2v) is 4.64. The molecule has 0 saturated carbocycles. The largest absolute Gasteiger partial charge is 0.473 e. The Balaban J connectivity index is 2.06. The normalized spacial score (nSPS) is 10.2. The molecular formula is C12H10BrN3O3. The van der Waals surface area contributed by atoms with Gasteiger partial charge in [0.2, 0.25) is 11.7 Å². The molecule has 0 spiro atoms. The Kier molecular flexibility index (Phi) is 3.96. The molecule has 7 heteroatoms. The number of aromatic nitrogens is 1. The number of nitro groups is 1. The molecule has 98 valence electrons. The van der Waals surface area contributed by atoms with Gasteiger partial charge in [0.1, 0.15) is 6.61 Å². The van der Waals surface area contributed by atoms with Crippen LogP contribution >= 0.6 is 15.9 Å². The van der Waals surface area contributed by atoms with Crippen LogP contribution in [0.25, 0.3) is 0 Å². The molecule has 2 aromatic rings. The molecule has 0 atom stereocenters. The van der Waals surface area contributed by atoms with Crippen molar-refractivity contribution in [2.75, 3.05) is 5.73 Å². The molecule has 0 bridgehead atoms. The van der Waals surface area contributed by atoms with Crippen LogP contribution < -0.4 is 10.5 Å². The second kappa shape index (κ2) is 5.66. The number of benzene rings is 1. The van der Waals surface area contributed by atoms with E-state index >= 15 is 0 Å². The Morgan fingerprint density at radius 3 is 2.53 bits per heavy atom. The fraction of sp³-hybridized carbons (Fsp3) is 0.0833. The number of ether oxygens (including phenoxy) is 1. The SMILES string of the molecule is Nc1nc(OCc2ccc(Br)cc2)ccc1[N+](=O)[O-]. The van der Waals surface area contributed by atoms with E-state index in [1.165, 1.54) is 12.1 Å². The zero-order chi connectivity index (χ0) is 13.8. The van der Waals surface area contributed by atoms with E-state index in [-0.39, 0.29) is 17.4 Å². The smallest absolute Gasteiger partial charge is 0.311 e. The van der Waals surface area contributed by atoms with E-state index in [4.69, 9.17) is 10.5 Å². The van der Waals surface area contributed by atoms with Crippen LogP contribution in [0, 0.1) is 10.1 Å². The molecular weight excluding hydrogens is 314 g/mol. The third-order valence-electron chi connectivity index (χ3n) is 2.37. The summed E-state index contributed by atoms with van der Waals surface area (Å²) in [7, 11) is 0. The van der Waals surface area contributed by atoms with E-state index in [0.717, 1.165) is 10.0 Å². The second-order valence-electron chi connectivity index (χ2n) is 3.73. The molecule has 2 N–H and O–H groups in total. The topological polar surface area (TPSA) is 91.3 Å². The first-order chi connectivity index (χ1) is 9.06. The number of nitrogens with zero attached hydrogens (tertiary/aromatic N) is 2. The van der Waals surface area contributed by atoms with Gasteiger partial charge in [-0.15, -0.1) is 0 Å². The quantitative estimate of drug-likeness (QED) is 0.690. The fourth-order valence-electron chi connectivity index (χ4n) is 1.42. The molecule has 2 rings (SSSR count). The summed E-state index contributed by atoms with van der Waals surface area (Å²) in [5.74, 6) is 0.101. The van der Waals surface area contributed by atoms with E-state index in [9.17, 15) is 10.1 Å². The third kappa shape index (κ3) is 3.41. The molecule has 0 unspecified atom stereocenters. The first-order valence-corrected chi connectivity index (χ1v) is 6.14. The molecule has 0 aliphatic carbocycles. The van der Waals surface area contributed by atoms with Crippen molar-refractivity contribution in [3.8, 4) is 5.88 Å². The van der Waals surface area contributed by atoms with Crippen molar-refractivity contribution < 1.29 is 9.66 Å². The lowest BCUT2D eigenvalue weighted by molar-refractivity contribution is -0.384. The molecule has 1 aromatic carbocycles. The van der Waals surface area contributed by atoms with Crippen LogP contribution in [0.2, 0.25) is 0 Å². The summed E-state index contributed by atoms with van der Waals surface area (Å²) in [5, 5.41) is 10.6. The van der Waals surface area contributed by atoms with Crippen molar-refractivity contribution >= 4 is 27.4 Å². The van der Waals surface area contributed by atoms with Gasteiger partial charge in [-0.05, 0) is 17.7 Å². The molecule has 1 aromatic heterocycles. The van der Waals surface area contributed by atoms with Crippen LogP contribution in [0.3, 0.4) is 0 Å². The van der Waals surface area contributed by atoms with Crippen molar-refractivity contribution in [1.29, 1.82) is 0 Å². The molecule has 19 heavy (non-hydrogen) atoms. The van der Waals surface area contributed by atoms with Crippen molar-refractivity contribution in [1.82, 2.24) is 4.98 Å². The molecule has 0 aliphatic rings. The minimum atomic E-state index is -0.583. The van der Waals surface area contributed by atoms with E-state index in [1.54, 1.807) is 0 Å². The molecule has 0 amide bonds. The number of halogens is 1. The predicted octanol–water partition coefficient (Wildman–Crippen LogP) is 2.91. The lowest BCUT2D eigenvalue weighted by Gasteiger charge is -2.06. The molecule has 0 radical (unpaired) electrons. The number of nitrogens with two attached hydrogens (primary N) is 1. The highest BCUT2D eigenvalue weighted by molar-refractivity contribution is 9.10. The predicted molar refractivity (Wildman–Crippen MR) is 73.8 cm³/mol. The Morgan fingerprint density at radius 1 is 1.26 bits per heavy atom. The van der Waals surface area contributed by atoms with Gasteiger partial charge in [-0.3, -0.25) is 10.1 Å². The van der Waals surface area contributed by atoms with Crippen LogP contribution in [0.4, 0.5) is 11.5 Å². The van der Waals surface area contributed by atoms with Crippen molar-refractivity contribution in [2.24, 2.45) is 0 Å². The standard InChI is InChI=1S/C12H10BrN3O3/c13-9-3-1-8(2-4-9)7-19-11-6-5-10(16(17)18)12(14)15-11/h1-6H,7H2,(H2,14,15). The molecule has 0 saturated heterocycles. The number of hydrogen-bond acceptors (Lipinski definition) is 5. The van der Waals surface area contributed by atoms with Crippen LogP contribution in [-0.2, 0) is 6.61 Å². The summed E-state index contributed by atoms with van der Waals surface area (Å²) < 4.78 is 6.40. The van der Waals surface area contributed by atoms with Crippen LogP contribution in [-0.4, -0.2) is 9.91 Å². The van der Waals surface area contributed by atoms with Gasteiger partial charge in [-0.25, -0.2) is 0 Å². The van der Waals surface area contributed by atoms with Crippen LogP contribution in [0.15, 0.2) is 40.9 Å². The highest BCUT2D eigenvalue weighted by Gasteiger charge is 2.13. The summed E-state index contributed by atoms with van der Waals surface area (Å²) in [5.41, 5.74) is 6.21. The van der Waals surface area contributed by atoms with Crippen molar-refractivity contribution in [2.45, 2.75) is 6.61 Å². The Morgan fingerprint density at radius 2 is 1.95 bits per heavy atom. The van der Waals surface area contributed by atoms with Gasteiger partial charge in [0.25, 0.3) is 0 Å². The van der Waals surface area contributed by atoms with Gasteiger partial charge in [0.05, 0.1) is 4.92 Å². The third-order valence-corrected chi connectivity index (χ3v) is 2.90. The highest BCUT2D eigenvalue weighted by Crippen LogP contribution is 2.22. The number of pyridine rings is 1. The number of hydrogen-bond donors (Lipinski definition) is 1. The van der Waals surface area contributed by atoms with Gasteiger partial charge < -0.3 is 10.5 Å². The Hall–Kier alpha value is -2.15. The average molecular weight is 324 g/mol. The Labute approximate surface area is 117 Å². The molecule has 1 heterocycles. The lowest BCUT2D eigenvalue weighted by atomic mass is 10.2. The van der Waals surface area contributed by atoms with Gasteiger partial charge in [-0.1, -0.05) is 28.1 Å². The zero-order valence-corrected chi connectivity index (χ0v) is 11.3. The summed E-state index contributed by atoms with van der Waals surface area (Å²) in [4.78, 5) is 13.8. The summed E-state index contributed by atoms with van der Waals surface area (Å²) in [6.45, 7) is 0.317. The van der Waals surface area contributed by atoms with Crippen molar-refractivity contribution in [3.63, 3.8) is 0 Å².